The van der Waals surface area contributed by atoms with E-state index >= 15 is 0 Å². The SMILES string of the molecule is Cc1c(Cl)nc(NCCC2CCC2)c(=O)n1CC(=O)OCc1ccccc1. The number of carbonyl (C=O) groups excluding carboxylic acids is 1. The number of halogens is 1. The molecule has 27 heavy (non-hydrogen) atoms. The molecule has 1 fully saturated rings. The molecule has 1 aliphatic carbocycles. The third-order valence-corrected chi connectivity index (χ3v) is 5.32. The standard InChI is InChI=1S/C20H24ClN3O3/c1-14-18(21)23-19(22-11-10-15-8-5-9-15)20(26)24(14)12-17(25)27-13-16-6-3-2-4-7-16/h2-4,6-7,15H,5,8-13H2,1H3,(H,22,23). The fraction of sp³-hybridized carbons (Fsp3) is 0.450. The quantitative estimate of drug-likeness (QED) is 0.699. The zero-order valence-electron chi connectivity index (χ0n) is 15.4. The first-order chi connectivity index (χ1) is 13.0. The topological polar surface area (TPSA) is 73.2 Å². The van der Waals surface area contributed by atoms with Crippen LogP contribution in [0.4, 0.5) is 5.82 Å². The Morgan fingerprint density at radius 2 is 2.07 bits per heavy atom. The van der Waals surface area contributed by atoms with Crippen molar-refractivity contribution < 1.29 is 9.53 Å². The maximum absolute atomic E-state index is 12.7. The van der Waals surface area contributed by atoms with Gasteiger partial charge in [-0.1, -0.05) is 61.2 Å². The van der Waals surface area contributed by atoms with Crippen molar-refractivity contribution in [3.63, 3.8) is 0 Å². The lowest BCUT2D eigenvalue weighted by Gasteiger charge is -2.25. The van der Waals surface area contributed by atoms with Gasteiger partial charge >= 0.3 is 5.97 Å². The molecule has 0 amide bonds. The lowest BCUT2D eigenvalue weighted by molar-refractivity contribution is -0.145. The number of benzene rings is 1. The molecule has 1 heterocycles. The third-order valence-electron chi connectivity index (χ3n) is 4.96. The van der Waals surface area contributed by atoms with Crippen molar-refractivity contribution in [1.82, 2.24) is 9.55 Å². The van der Waals surface area contributed by atoms with E-state index in [-0.39, 0.29) is 29.7 Å². The van der Waals surface area contributed by atoms with Crippen LogP contribution in [0.25, 0.3) is 0 Å². The number of rotatable bonds is 8. The predicted octanol–water partition coefficient (Wildman–Crippen LogP) is 3.55. The van der Waals surface area contributed by atoms with Crippen molar-refractivity contribution in [2.45, 2.75) is 45.8 Å². The summed E-state index contributed by atoms with van der Waals surface area (Å²) < 4.78 is 6.59. The smallest absolute Gasteiger partial charge is 0.326 e. The van der Waals surface area contributed by atoms with E-state index in [0.717, 1.165) is 17.9 Å². The van der Waals surface area contributed by atoms with Crippen LogP contribution in [0.5, 0.6) is 0 Å². The molecule has 0 saturated heterocycles. The van der Waals surface area contributed by atoms with E-state index in [4.69, 9.17) is 16.3 Å². The Kier molecular flexibility index (Phi) is 6.50. The Morgan fingerprint density at radius 3 is 2.74 bits per heavy atom. The van der Waals surface area contributed by atoms with Gasteiger partial charge in [0.25, 0.3) is 5.56 Å². The Balaban J connectivity index is 1.64. The monoisotopic (exact) mass is 389 g/mol. The molecule has 1 aliphatic rings. The van der Waals surface area contributed by atoms with Crippen LogP contribution in [0.3, 0.4) is 0 Å². The highest BCUT2D eigenvalue weighted by molar-refractivity contribution is 6.30. The number of esters is 1. The molecule has 6 nitrogen and oxygen atoms in total. The van der Waals surface area contributed by atoms with Crippen molar-refractivity contribution in [1.29, 1.82) is 0 Å². The summed E-state index contributed by atoms with van der Waals surface area (Å²) in [7, 11) is 0. The van der Waals surface area contributed by atoms with E-state index in [1.165, 1.54) is 23.8 Å². The van der Waals surface area contributed by atoms with Crippen LogP contribution in [-0.4, -0.2) is 22.1 Å². The van der Waals surface area contributed by atoms with Crippen LogP contribution in [0.1, 0.15) is 36.9 Å². The first-order valence-corrected chi connectivity index (χ1v) is 9.62. The summed E-state index contributed by atoms with van der Waals surface area (Å²) in [6, 6.07) is 9.40. The summed E-state index contributed by atoms with van der Waals surface area (Å²) in [5.41, 5.74) is 0.978. The number of hydrogen-bond acceptors (Lipinski definition) is 5. The molecule has 1 saturated carbocycles. The molecule has 144 valence electrons. The van der Waals surface area contributed by atoms with Gasteiger partial charge < -0.3 is 10.1 Å². The third kappa shape index (κ3) is 5.10. The first-order valence-electron chi connectivity index (χ1n) is 9.25. The fourth-order valence-corrected chi connectivity index (χ4v) is 3.20. The van der Waals surface area contributed by atoms with E-state index in [9.17, 15) is 9.59 Å². The second kappa shape index (κ2) is 9.04. The van der Waals surface area contributed by atoms with E-state index in [1.807, 2.05) is 30.3 Å². The predicted molar refractivity (Wildman–Crippen MR) is 105 cm³/mol. The molecule has 7 heteroatoms. The molecule has 0 unspecified atom stereocenters. The molecule has 0 bridgehead atoms. The molecule has 1 N–H and O–H groups in total. The number of ether oxygens (including phenoxy) is 1. The molecular weight excluding hydrogens is 366 g/mol. The summed E-state index contributed by atoms with van der Waals surface area (Å²) in [5, 5.41) is 3.28. The normalized spacial score (nSPS) is 13.9. The van der Waals surface area contributed by atoms with E-state index < -0.39 is 5.97 Å². The lowest BCUT2D eigenvalue weighted by Crippen LogP contribution is -2.31. The first kappa shape index (κ1) is 19.4. The summed E-state index contributed by atoms with van der Waals surface area (Å²) in [6.07, 6.45) is 4.80. The minimum atomic E-state index is -0.494. The van der Waals surface area contributed by atoms with Crippen molar-refractivity contribution in [3.8, 4) is 0 Å². The van der Waals surface area contributed by atoms with Gasteiger partial charge in [-0.05, 0) is 24.8 Å². The molecule has 2 aromatic rings. The maximum Gasteiger partial charge on any atom is 0.326 e. The molecule has 0 spiro atoms. The lowest BCUT2D eigenvalue weighted by atomic mass is 9.83. The molecule has 0 aliphatic heterocycles. The van der Waals surface area contributed by atoms with Gasteiger partial charge in [-0.15, -0.1) is 0 Å². The van der Waals surface area contributed by atoms with Gasteiger partial charge in [0.2, 0.25) is 0 Å². The fourth-order valence-electron chi connectivity index (χ4n) is 3.01. The minimum absolute atomic E-state index is 0.165. The minimum Gasteiger partial charge on any atom is -0.459 e. The van der Waals surface area contributed by atoms with Crippen molar-refractivity contribution in [2.75, 3.05) is 11.9 Å². The molecular formula is C20H24ClN3O3. The average molecular weight is 390 g/mol. The second-order valence-corrected chi connectivity index (χ2v) is 7.24. The summed E-state index contributed by atoms with van der Waals surface area (Å²) in [4.78, 5) is 29.0. The highest BCUT2D eigenvalue weighted by Gasteiger charge is 2.18. The molecule has 0 atom stereocenters. The van der Waals surface area contributed by atoms with E-state index in [1.54, 1.807) is 6.92 Å². The number of aromatic nitrogens is 2. The van der Waals surface area contributed by atoms with Gasteiger partial charge in [-0.2, -0.15) is 0 Å². The Hall–Kier alpha value is -2.34. The van der Waals surface area contributed by atoms with E-state index in [0.29, 0.717) is 12.2 Å². The number of nitrogens with one attached hydrogen (secondary N) is 1. The van der Waals surface area contributed by atoms with Crippen LogP contribution in [0.2, 0.25) is 5.15 Å². The van der Waals surface area contributed by atoms with Crippen LogP contribution in [0, 0.1) is 12.8 Å². The second-order valence-electron chi connectivity index (χ2n) is 6.89. The average Bonchev–Trinajstić information content (AvgIpc) is 2.64. The number of carbonyl (C=O) groups is 1. The Bertz CT molecular complexity index is 848. The zero-order valence-corrected chi connectivity index (χ0v) is 16.2. The Morgan fingerprint density at radius 1 is 1.33 bits per heavy atom. The van der Waals surface area contributed by atoms with Crippen LogP contribution < -0.4 is 10.9 Å². The molecule has 1 aromatic carbocycles. The summed E-state index contributed by atoms with van der Waals surface area (Å²) in [5.74, 6) is 0.418. The molecule has 1 aromatic heterocycles. The van der Waals surface area contributed by atoms with Gasteiger partial charge in [0, 0.05) is 6.54 Å². The maximum atomic E-state index is 12.7. The molecule has 0 radical (unpaired) electrons. The Labute approximate surface area is 163 Å². The number of hydrogen-bond donors (Lipinski definition) is 1. The highest BCUT2D eigenvalue weighted by atomic mass is 35.5. The van der Waals surface area contributed by atoms with Crippen LogP contribution >= 0.6 is 11.6 Å². The van der Waals surface area contributed by atoms with Gasteiger partial charge in [-0.25, -0.2) is 4.98 Å². The number of anilines is 1. The summed E-state index contributed by atoms with van der Waals surface area (Å²) >= 11 is 6.16. The molecule has 3 rings (SSSR count). The van der Waals surface area contributed by atoms with E-state index in [2.05, 4.69) is 10.3 Å². The summed E-state index contributed by atoms with van der Waals surface area (Å²) in [6.45, 7) is 2.31. The zero-order chi connectivity index (χ0) is 19.2. The van der Waals surface area contributed by atoms with Gasteiger partial charge in [0.15, 0.2) is 11.0 Å². The van der Waals surface area contributed by atoms with Crippen LogP contribution in [0.15, 0.2) is 35.1 Å². The van der Waals surface area contributed by atoms with Crippen molar-refractivity contribution >= 4 is 23.4 Å². The highest BCUT2D eigenvalue weighted by Crippen LogP contribution is 2.29. The van der Waals surface area contributed by atoms with Gasteiger partial charge in [-0.3, -0.25) is 14.2 Å². The van der Waals surface area contributed by atoms with Crippen LogP contribution in [-0.2, 0) is 22.7 Å². The number of nitrogens with zero attached hydrogens (tertiary/aromatic N) is 2. The van der Waals surface area contributed by atoms with Crippen molar-refractivity contribution in [3.05, 3.63) is 57.1 Å². The van der Waals surface area contributed by atoms with Gasteiger partial charge in [0.1, 0.15) is 13.2 Å². The van der Waals surface area contributed by atoms with Gasteiger partial charge in [0.05, 0.1) is 5.69 Å². The largest absolute Gasteiger partial charge is 0.459 e. The van der Waals surface area contributed by atoms with Crippen molar-refractivity contribution in [2.24, 2.45) is 5.92 Å².